The molecule has 4 heteroatoms. The van der Waals surface area contributed by atoms with Crippen LogP contribution in [0, 0.1) is 17.7 Å². The van der Waals surface area contributed by atoms with Crippen LogP contribution in [0.2, 0.25) is 0 Å². The number of nitrogens with zero attached hydrogens (tertiary/aromatic N) is 1. The highest BCUT2D eigenvalue weighted by Gasteiger charge is 2.35. The Hall–Kier alpha value is -1.13. The Bertz CT molecular complexity index is 426. The number of likely N-dealkylation sites (tertiary alicyclic amines) is 1. The molecule has 98 valence electrons. The quantitative estimate of drug-likeness (QED) is 0.879. The second-order valence-electron chi connectivity index (χ2n) is 5.34. The summed E-state index contributed by atoms with van der Waals surface area (Å²) in [7, 11) is 1.49. The van der Waals surface area contributed by atoms with Crippen molar-refractivity contribution < 1.29 is 9.13 Å². The first kappa shape index (κ1) is 11.9. The maximum Gasteiger partial charge on any atom is 0.165 e. The smallest absolute Gasteiger partial charge is 0.165 e. The topological polar surface area (TPSA) is 24.5 Å². The van der Waals surface area contributed by atoms with Crippen molar-refractivity contribution in [1.29, 1.82) is 0 Å². The van der Waals surface area contributed by atoms with Gasteiger partial charge in [0.2, 0.25) is 0 Å². The second kappa shape index (κ2) is 4.86. The van der Waals surface area contributed by atoms with Crippen LogP contribution in [-0.2, 0) is 6.54 Å². The van der Waals surface area contributed by atoms with E-state index in [9.17, 15) is 4.39 Å². The fourth-order valence-electron chi connectivity index (χ4n) is 3.15. The average Bonchev–Trinajstić information content (AvgIpc) is 2.90. The Morgan fingerprint density at radius 1 is 1.33 bits per heavy atom. The maximum absolute atomic E-state index is 13.6. The van der Waals surface area contributed by atoms with E-state index >= 15 is 0 Å². The molecule has 3 nitrogen and oxygen atoms in total. The molecule has 0 unspecified atom stereocenters. The normalized spacial score (nSPS) is 27.4. The molecular formula is C14H19FN2O. The highest BCUT2D eigenvalue weighted by Crippen LogP contribution is 2.28. The molecular weight excluding hydrogens is 231 g/mol. The van der Waals surface area contributed by atoms with Gasteiger partial charge in [-0.05, 0) is 42.6 Å². The van der Waals surface area contributed by atoms with Crippen molar-refractivity contribution in [2.24, 2.45) is 11.8 Å². The van der Waals surface area contributed by atoms with E-state index in [2.05, 4.69) is 10.2 Å². The van der Waals surface area contributed by atoms with Crippen LogP contribution < -0.4 is 10.1 Å². The standard InChI is InChI=1S/C14H19FN2O/c1-18-14-3-2-10(4-13(14)15)7-17-8-11-5-16-6-12(11)9-17/h2-4,11-12,16H,5-9H2,1H3/t11-,12+. The maximum atomic E-state index is 13.6. The Labute approximate surface area is 107 Å². The summed E-state index contributed by atoms with van der Waals surface area (Å²) in [6.07, 6.45) is 0. The lowest BCUT2D eigenvalue weighted by Gasteiger charge is -2.17. The molecule has 2 heterocycles. The van der Waals surface area contributed by atoms with Crippen molar-refractivity contribution in [2.45, 2.75) is 6.54 Å². The molecule has 2 aliphatic heterocycles. The number of benzene rings is 1. The molecule has 1 aromatic carbocycles. The number of hydrogen-bond donors (Lipinski definition) is 1. The van der Waals surface area contributed by atoms with Crippen LogP contribution in [0.4, 0.5) is 4.39 Å². The number of fused-ring (bicyclic) bond motifs is 1. The van der Waals surface area contributed by atoms with E-state index in [4.69, 9.17) is 4.74 Å². The van der Waals surface area contributed by atoms with Crippen LogP contribution in [-0.4, -0.2) is 38.2 Å². The third kappa shape index (κ3) is 2.22. The first-order valence-electron chi connectivity index (χ1n) is 6.52. The lowest BCUT2D eigenvalue weighted by molar-refractivity contribution is 0.304. The predicted octanol–water partition coefficient (Wildman–Crippen LogP) is 1.49. The molecule has 2 fully saturated rings. The minimum Gasteiger partial charge on any atom is -0.494 e. The zero-order chi connectivity index (χ0) is 12.5. The van der Waals surface area contributed by atoms with Gasteiger partial charge in [0.15, 0.2) is 11.6 Å². The Kier molecular flexibility index (Phi) is 3.22. The molecule has 0 spiro atoms. The largest absolute Gasteiger partial charge is 0.494 e. The van der Waals surface area contributed by atoms with Gasteiger partial charge in [0.25, 0.3) is 0 Å². The van der Waals surface area contributed by atoms with Gasteiger partial charge in [-0.3, -0.25) is 4.90 Å². The van der Waals surface area contributed by atoms with Gasteiger partial charge >= 0.3 is 0 Å². The molecule has 0 aliphatic carbocycles. The second-order valence-corrected chi connectivity index (χ2v) is 5.34. The number of methoxy groups -OCH3 is 1. The SMILES string of the molecule is COc1ccc(CN2C[C@H]3CNC[C@H]3C2)cc1F. The monoisotopic (exact) mass is 250 g/mol. The molecule has 18 heavy (non-hydrogen) atoms. The van der Waals surface area contributed by atoms with E-state index in [1.807, 2.05) is 6.07 Å². The highest BCUT2D eigenvalue weighted by atomic mass is 19.1. The molecule has 3 rings (SSSR count). The summed E-state index contributed by atoms with van der Waals surface area (Å²) in [4.78, 5) is 2.43. The molecule has 0 saturated carbocycles. The van der Waals surface area contributed by atoms with E-state index in [0.717, 1.165) is 50.1 Å². The molecule has 0 radical (unpaired) electrons. The number of ether oxygens (including phenoxy) is 1. The van der Waals surface area contributed by atoms with Gasteiger partial charge < -0.3 is 10.1 Å². The summed E-state index contributed by atoms with van der Waals surface area (Å²) in [6, 6.07) is 5.25. The fraction of sp³-hybridized carbons (Fsp3) is 0.571. The van der Waals surface area contributed by atoms with E-state index in [0.29, 0.717) is 5.75 Å². The van der Waals surface area contributed by atoms with Crippen LogP contribution >= 0.6 is 0 Å². The Balaban J connectivity index is 1.65. The van der Waals surface area contributed by atoms with Crippen LogP contribution in [0.15, 0.2) is 18.2 Å². The van der Waals surface area contributed by atoms with Crippen molar-refractivity contribution in [3.05, 3.63) is 29.6 Å². The predicted molar refractivity (Wildman–Crippen MR) is 68.1 cm³/mol. The number of rotatable bonds is 3. The fourth-order valence-corrected chi connectivity index (χ4v) is 3.15. The zero-order valence-electron chi connectivity index (χ0n) is 10.7. The summed E-state index contributed by atoms with van der Waals surface area (Å²) in [5.74, 6) is 1.62. The molecule has 0 bridgehead atoms. The lowest BCUT2D eigenvalue weighted by atomic mass is 10.0. The minimum atomic E-state index is -0.268. The zero-order valence-corrected chi connectivity index (χ0v) is 10.7. The van der Waals surface area contributed by atoms with Gasteiger partial charge in [0.1, 0.15) is 0 Å². The average molecular weight is 250 g/mol. The molecule has 2 saturated heterocycles. The van der Waals surface area contributed by atoms with Crippen molar-refractivity contribution in [3.63, 3.8) is 0 Å². The van der Waals surface area contributed by atoms with Crippen LogP contribution in [0.25, 0.3) is 0 Å². The number of halogens is 1. The summed E-state index contributed by atoms with van der Waals surface area (Å²) < 4.78 is 18.5. The molecule has 0 aromatic heterocycles. The van der Waals surface area contributed by atoms with Crippen molar-refractivity contribution in [1.82, 2.24) is 10.2 Å². The van der Waals surface area contributed by atoms with E-state index < -0.39 is 0 Å². The molecule has 2 atom stereocenters. The number of hydrogen-bond acceptors (Lipinski definition) is 3. The van der Waals surface area contributed by atoms with Gasteiger partial charge in [0.05, 0.1) is 7.11 Å². The third-order valence-corrected chi connectivity index (χ3v) is 4.09. The van der Waals surface area contributed by atoms with Gasteiger partial charge in [0, 0.05) is 19.6 Å². The third-order valence-electron chi connectivity index (χ3n) is 4.09. The van der Waals surface area contributed by atoms with Gasteiger partial charge in [-0.25, -0.2) is 4.39 Å². The summed E-state index contributed by atoms with van der Waals surface area (Å²) in [6.45, 7) is 5.38. The van der Waals surface area contributed by atoms with Crippen LogP contribution in [0.3, 0.4) is 0 Å². The van der Waals surface area contributed by atoms with Crippen molar-refractivity contribution >= 4 is 0 Å². The van der Waals surface area contributed by atoms with E-state index in [1.54, 1.807) is 12.1 Å². The molecule has 2 aliphatic rings. The summed E-state index contributed by atoms with van der Waals surface area (Å²) >= 11 is 0. The lowest BCUT2D eigenvalue weighted by Crippen LogP contribution is -2.25. The van der Waals surface area contributed by atoms with Crippen LogP contribution in [0.1, 0.15) is 5.56 Å². The first-order chi connectivity index (χ1) is 8.76. The highest BCUT2D eigenvalue weighted by molar-refractivity contribution is 5.29. The van der Waals surface area contributed by atoms with Gasteiger partial charge in [-0.2, -0.15) is 0 Å². The van der Waals surface area contributed by atoms with Crippen molar-refractivity contribution in [2.75, 3.05) is 33.3 Å². The van der Waals surface area contributed by atoms with E-state index in [1.165, 1.54) is 7.11 Å². The van der Waals surface area contributed by atoms with Gasteiger partial charge in [-0.1, -0.05) is 6.07 Å². The van der Waals surface area contributed by atoms with Crippen molar-refractivity contribution in [3.8, 4) is 5.75 Å². The van der Waals surface area contributed by atoms with E-state index in [-0.39, 0.29) is 5.82 Å². The first-order valence-corrected chi connectivity index (χ1v) is 6.52. The Morgan fingerprint density at radius 2 is 2.06 bits per heavy atom. The summed E-state index contributed by atoms with van der Waals surface area (Å²) in [5, 5.41) is 3.43. The number of nitrogens with one attached hydrogen (secondary N) is 1. The van der Waals surface area contributed by atoms with Crippen LogP contribution in [0.5, 0.6) is 5.75 Å². The minimum absolute atomic E-state index is 0.268. The van der Waals surface area contributed by atoms with Gasteiger partial charge in [-0.15, -0.1) is 0 Å². The molecule has 0 amide bonds. The molecule has 1 N–H and O–H groups in total. The Morgan fingerprint density at radius 3 is 2.67 bits per heavy atom. The summed E-state index contributed by atoms with van der Waals surface area (Å²) in [5.41, 5.74) is 1.03. The molecule has 1 aromatic rings.